The number of anilines is 2. The predicted octanol–water partition coefficient (Wildman–Crippen LogP) is 5.07. The van der Waals surface area contributed by atoms with Crippen LogP contribution in [0.1, 0.15) is 27.2 Å². The molecule has 1 unspecified atom stereocenters. The van der Waals surface area contributed by atoms with Crippen molar-refractivity contribution in [3.8, 4) is 5.69 Å². The van der Waals surface area contributed by atoms with E-state index in [0.29, 0.717) is 5.56 Å². The number of benzene rings is 3. The average molecular weight is 438 g/mol. The van der Waals surface area contributed by atoms with Gasteiger partial charge < -0.3 is 19.1 Å². The van der Waals surface area contributed by atoms with Crippen molar-refractivity contribution in [1.82, 2.24) is 4.57 Å². The first-order valence-electron chi connectivity index (χ1n) is 11.0. The summed E-state index contributed by atoms with van der Waals surface area (Å²) < 4.78 is 8.51. The highest BCUT2D eigenvalue weighted by atomic mass is 16.6. The van der Waals surface area contributed by atoms with E-state index in [1.807, 2.05) is 89.0 Å². The summed E-state index contributed by atoms with van der Waals surface area (Å²) in [4.78, 5) is 17.4. The number of aromatic nitrogens is 1. The van der Waals surface area contributed by atoms with Crippen molar-refractivity contribution in [3.63, 3.8) is 0 Å². The molecule has 0 saturated heterocycles. The smallest absolute Gasteiger partial charge is 0.340 e. The zero-order valence-electron chi connectivity index (χ0n) is 19.3. The maximum atomic E-state index is 13.2. The van der Waals surface area contributed by atoms with Gasteiger partial charge in [-0.05, 0) is 42.5 Å². The van der Waals surface area contributed by atoms with E-state index in [2.05, 4.69) is 44.7 Å². The van der Waals surface area contributed by atoms with Crippen LogP contribution in [0.15, 0.2) is 91.1 Å². The number of rotatable bonds is 5. The van der Waals surface area contributed by atoms with Crippen molar-refractivity contribution in [2.75, 3.05) is 38.0 Å². The molecule has 33 heavy (non-hydrogen) atoms. The summed E-state index contributed by atoms with van der Waals surface area (Å²) in [7, 11) is 8.08. The normalized spacial score (nSPS) is 16.9. The van der Waals surface area contributed by atoms with Gasteiger partial charge in [-0.2, -0.15) is 0 Å². The van der Waals surface area contributed by atoms with E-state index in [4.69, 9.17) is 4.74 Å². The van der Waals surface area contributed by atoms with Crippen molar-refractivity contribution < 1.29 is 9.53 Å². The van der Waals surface area contributed by atoms with Gasteiger partial charge in [-0.15, -0.1) is 0 Å². The van der Waals surface area contributed by atoms with Crippen LogP contribution in [0.2, 0.25) is 0 Å². The van der Waals surface area contributed by atoms with Gasteiger partial charge in [0.1, 0.15) is 0 Å². The molecule has 2 heterocycles. The fourth-order valence-electron chi connectivity index (χ4n) is 4.69. The Balaban J connectivity index is 1.86. The molecular formula is C28H27N3O2. The van der Waals surface area contributed by atoms with Crippen LogP contribution >= 0.6 is 0 Å². The molecular weight excluding hydrogens is 410 g/mol. The third-order valence-corrected chi connectivity index (χ3v) is 6.27. The number of fused-ring (bicyclic) bond motifs is 1. The first kappa shape index (κ1) is 20.9. The fourth-order valence-corrected chi connectivity index (χ4v) is 4.69. The van der Waals surface area contributed by atoms with Crippen LogP contribution in [0.25, 0.3) is 5.69 Å². The number of nitrogens with zero attached hydrogens (tertiary/aromatic N) is 3. The predicted molar refractivity (Wildman–Crippen MR) is 133 cm³/mol. The number of hydrogen-bond acceptors (Lipinski definition) is 4. The molecule has 3 aromatic carbocycles. The molecule has 4 aromatic rings. The fraction of sp³-hybridized carbons (Fsp3) is 0.179. The van der Waals surface area contributed by atoms with Crippen LogP contribution in [-0.2, 0) is 10.3 Å². The number of cyclic esters (lactones) is 1. The van der Waals surface area contributed by atoms with Crippen molar-refractivity contribution >= 4 is 17.3 Å². The number of hydrogen-bond donors (Lipinski definition) is 0. The zero-order chi connectivity index (χ0) is 23.2. The summed E-state index contributed by atoms with van der Waals surface area (Å²) in [6.45, 7) is 0. The molecule has 0 aliphatic carbocycles. The van der Waals surface area contributed by atoms with E-state index in [1.54, 1.807) is 0 Å². The second kappa shape index (κ2) is 7.85. The molecule has 166 valence electrons. The highest BCUT2D eigenvalue weighted by Crippen LogP contribution is 2.50. The minimum Gasteiger partial charge on any atom is -0.439 e. The van der Waals surface area contributed by atoms with E-state index < -0.39 is 5.60 Å². The molecule has 5 nitrogen and oxygen atoms in total. The van der Waals surface area contributed by atoms with Gasteiger partial charge in [-0.1, -0.05) is 42.5 Å². The minimum atomic E-state index is -1.09. The molecule has 0 N–H and O–H groups in total. The lowest BCUT2D eigenvalue weighted by atomic mass is 9.81. The maximum absolute atomic E-state index is 13.2. The van der Waals surface area contributed by atoms with Gasteiger partial charge in [-0.25, -0.2) is 4.79 Å². The van der Waals surface area contributed by atoms with Crippen LogP contribution in [0, 0.1) is 0 Å². The Morgan fingerprint density at radius 3 is 2.21 bits per heavy atom. The van der Waals surface area contributed by atoms with Gasteiger partial charge in [0, 0.05) is 62.6 Å². The molecule has 0 radical (unpaired) electrons. The monoisotopic (exact) mass is 437 g/mol. The Morgan fingerprint density at radius 1 is 0.758 bits per heavy atom. The van der Waals surface area contributed by atoms with Crippen molar-refractivity contribution in [3.05, 3.63) is 114 Å². The van der Waals surface area contributed by atoms with Gasteiger partial charge in [0.2, 0.25) is 5.60 Å². The van der Waals surface area contributed by atoms with Gasteiger partial charge in [0.25, 0.3) is 0 Å². The second-order valence-corrected chi connectivity index (χ2v) is 8.71. The highest BCUT2D eigenvalue weighted by Gasteiger charge is 2.51. The first-order chi connectivity index (χ1) is 15.9. The molecule has 0 spiro atoms. The van der Waals surface area contributed by atoms with Crippen LogP contribution in [0.4, 0.5) is 11.4 Å². The standard InChI is InChI=1S/C28H27N3O2/c1-29(2)21-16-17-24(25(19-21)30(3)4)28(23-14-9-8-13-22(23)27(32)33-28)26-15-10-18-31(26)20-11-6-5-7-12-20/h5-19H,1-4H3. The van der Waals surface area contributed by atoms with E-state index in [-0.39, 0.29) is 5.97 Å². The minimum absolute atomic E-state index is 0.312. The highest BCUT2D eigenvalue weighted by molar-refractivity contribution is 5.96. The van der Waals surface area contributed by atoms with Crippen molar-refractivity contribution in [1.29, 1.82) is 0 Å². The SMILES string of the molecule is CN(C)c1ccc(C2(c3cccn3-c3ccccc3)OC(=O)c3ccccc32)c(N(C)C)c1. The number of para-hydroxylation sites is 1. The quantitative estimate of drug-likeness (QED) is 0.409. The Labute approximate surface area is 194 Å². The van der Waals surface area contributed by atoms with Crippen molar-refractivity contribution in [2.45, 2.75) is 5.60 Å². The average Bonchev–Trinajstić information content (AvgIpc) is 3.43. The van der Waals surface area contributed by atoms with Crippen LogP contribution < -0.4 is 9.80 Å². The Bertz CT molecular complexity index is 1320. The number of carbonyl (C=O) groups is 1. The third kappa shape index (κ3) is 3.20. The van der Waals surface area contributed by atoms with E-state index in [0.717, 1.165) is 33.9 Å². The topological polar surface area (TPSA) is 37.7 Å². The summed E-state index contributed by atoms with van der Waals surface area (Å²) in [6.07, 6.45) is 2.02. The molecule has 5 rings (SSSR count). The number of ether oxygens (including phenoxy) is 1. The lowest BCUT2D eigenvalue weighted by molar-refractivity contribution is 0.0236. The number of carbonyl (C=O) groups excluding carboxylic acids is 1. The molecule has 1 aliphatic heterocycles. The third-order valence-electron chi connectivity index (χ3n) is 6.27. The summed E-state index contributed by atoms with van der Waals surface area (Å²) in [5, 5.41) is 0. The summed E-state index contributed by atoms with van der Waals surface area (Å²) in [6, 6.07) is 28.2. The van der Waals surface area contributed by atoms with Gasteiger partial charge in [0.05, 0.1) is 11.3 Å². The Hall–Kier alpha value is -3.99. The summed E-state index contributed by atoms with van der Waals surface area (Å²) in [5.41, 5.74) is 5.25. The van der Waals surface area contributed by atoms with E-state index >= 15 is 0 Å². The Morgan fingerprint density at radius 2 is 1.48 bits per heavy atom. The van der Waals surface area contributed by atoms with Crippen LogP contribution in [0.3, 0.4) is 0 Å². The van der Waals surface area contributed by atoms with Crippen molar-refractivity contribution in [2.24, 2.45) is 0 Å². The molecule has 0 fully saturated rings. The lowest BCUT2D eigenvalue weighted by Gasteiger charge is -2.34. The molecule has 1 aromatic heterocycles. The molecule has 1 aliphatic rings. The van der Waals surface area contributed by atoms with Gasteiger partial charge >= 0.3 is 5.97 Å². The summed E-state index contributed by atoms with van der Waals surface area (Å²) >= 11 is 0. The Kier molecular flexibility index (Phi) is 4.97. The van der Waals surface area contributed by atoms with Gasteiger partial charge in [-0.3, -0.25) is 0 Å². The molecule has 1 atom stereocenters. The molecule has 5 heteroatoms. The van der Waals surface area contributed by atoms with Crippen LogP contribution in [-0.4, -0.2) is 38.7 Å². The number of esters is 1. The van der Waals surface area contributed by atoms with Crippen LogP contribution in [0.5, 0.6) is 0 Å². The zero-order valence-corrected chi connectivity index (χ0v) is 19.3. The lowest BCUT2D eigenvalue weighted by Crippen LogP contribution is -2.34. The first-order valence-corrected chi connectivity index (χ1v) is 11.0. The molecule has 0 bridgehead atoms. The molecule has 0 amide bonds. The van der Waals surface area contributed by atoms with E-state index in [1.165, 1.54) is 0 Å². The van der Waals surface area contributed by atoms with E-state index in [9.17, 15) is 4.79 Å². The second-order valence-electron chi connectivity index (χ2n) is 8.71. The largest absolute Gasteiger partial charge is 0.439 e. The molecule has 0 saturated carbocycles. The van der Waals surface area contributed by atoms with Gasteiger partial charge in [0.15, 0.2) is 0 Å². The maximum Gasteiger partial charge on any atom is 0.340 e. The summed E-state index contributed by atoms with van der Waals surface area (Å²) in [5.74, 6) is -0.312.